The fraction of sp³-hybridized carbons (Fsp3) is 0.182. The van der Waals surface area contributed by atoms with Crippen molar-refractivity contribution in [1.82, 2.24) is 0 Å². The summed E-state index contributed by atoms with van der Waals surface area (Å²) in [6.07, 6.45) is 1.60. The number of hydrogen-bond donors (Lipinski definition) is 0. The molecule has 0 aliphatic carbocycles. The third-order valence-corrected chi connectivity index (χ3v) is 3.03. The molecule has 0 bridgehead atoms. The van der Waals surface area contributed by atoms with Crippen LogP contribution in [0.15, 0.2) is 28.7 Å². The summed E-state index contributed by atoms with van der Waals surface area (Å²) in [6.45, 7) is 3.42. The second-order valence-corrected chi connectivity index (χ2v) is 4.33. The maximum absolute atomic E-state index is 10.9. The van der Waals surface area contributed by atoms with Crippen LogP contribution in [-0.2, 0) is 4.79 Å². The van der Waals surface area contributed by atoms with Crippen molar-refractivity contribution in [3.8, 4) is 0 Å². The summed E-state index contributed by atoms with van der Waals surface area (Å²) in [6, 6.07) is 5.63. The summed E-state index contributed by atoms with van der Waals surface area (Å²) in [4.78, 5) is 10.9. The summed E-state index contributed by atoms with van der Waals surface area (Å²) >= 11 is 9.25. The molecule has 74 valence electrons. The average molecular weight is 274 g/mol. The Balaban J connectivity index is 3.09. The largest absolute Gasteiger partial charge is 0.295 e. The number of rotatable bonds is 2. The molecule has 0 spiro atoms. The second kappa shape index (κ2) is 4.76. The molecule has 0 saturated heterocycles. The van der Waals surface area contributed by atoms with Crippen molar-refractivity contribution in [2.24, 2.45) is 0 Å². The van der Waals surface area contributed by atoms with Crippen LogP contribution in [0.3, 0.4) is 0 Å². The highest BCUT2D eigenvalue weighted by atomic mass is 79.9. The Labute approximate surface area is 96.9 Å². The van der Waals surface area contributed by atoms with Gasteiger partial charge in [0.25, 0.3) is 0 Å². The van der Waals surface area contributed by atoms with Gasteiger partial charge in [-0.2, -0.15) is 0 Å². The zero-order valence-corrected chi connectivity index (χ0v) is 10.3. The Bertz CT molecular complexity index is 396. The van der Waals surface area contributed by atoms with Crippen molar-refractivity contribution in [2.45, 2.75) is 13.8 Å². The molecule has 0 aliphatic rings. The minimum atomic E-state index is 0.0431. The Kier molecular flexibility index (Phi) is 3.90. The van der Waals surface area contributed by atoms with E-state index >= 15 is 0 Å². The van der Waals surface area contributed by atoms with Crippen LogP contribution in [0.25, 0.3) is 5.57 Å². The van der Waals surface area contributed by atoms with Crippen molar-refractivity contribution in [3.05, 3.63) is 39.3 Å². The smallest absolute Gasteiger partial charge is 0.152 e. The lowest BCUT2D eigenvalue weighted by Gasteiger charge is -2.02. The van der Waals surface area contributed by atoms with Gasteiger partial charge in [0, 0.05) is 4.47 Å². The molecular weight excluding hydrogens is 263 g/mol. The normalized spacial score (nSPS) is 11.6. The van der Waals surface area contributed by atoms with Crippen molar-refractivity contribution < 1.29 is 4.79 Å². The van der Waals surface area contributed by atoms with Gasteiger partial charge in [-0.15, -0.1) is 0 Å². The molecule has 0 aromatic heterocycles. The number of carbonyl (C=O) groups excluding carboxylic acids is 1. The van der Waals surface area contributed by atoms with Gasteiger partial charge in [-0.05, 0) is 59.1 Å². The SMILES string of the molecule is CC(=O)/C=C(\C)c1ccc(Br)c(Cl)c1. The van der Waals surface area contributed by atoms with E-state index in [1.165, 1.54) is 6.92 Å². The molecule has 0 radical (unpaired) electrons. The van der Waals surface area contributed by atoms with Gasteiger partial charge < -0.3 is 0 Å². The standard InChI is InChI=1S/C11H10BrClO/c1-7(5-8(2)14)9-3-4-10(12)11(13)6-9/h3-6H,1-2H3/b7-5+. The predicted octanol–water partition coefficient (Wildman–Crippen LogP) is 4.09. The maximum Gasteiger partial charge on any atom is 0.152 e. The highest BCUT2D eigenvalue weighted by Gasteiger charge is 2.01. The molecule has 1 aromatic carbocycles. The second-order valence-electron chi connectivity index (χ2n) is 3.07. The minimum Gasteiger partial charge on any atom is -0.295 e. The van der Waals surface area contributed by atoms with E-state index in [0.29, 0.717) is 5.02 Å². The Morgan fingerprint density at radius 2 is 2.07 bits per heavy atom. The highest BCUT2D eigenvalue weighted by molar-refractivity contribution is 9.10. The average Bonchev–Trinajstić information content (AvgIpc) is 2.08. The zero-order chi connectivity index (χ0) is 10.7. The van der Waals surface area contributed by atoms with E-state index in [9.17, 15) is 4.79 Å². The maximum atomic E-state index is 10.9. The Morgan fingerprint density at radius 1 is 1.43 bits per heavy atom. The van der Waals surface area contributed by atoms with E-state index in [2.05, 4.69) is 15.9 Å². The summed E-state index contributed by atoms with van der Waals surface area (Å²) in [7, 11) is 0. The Morgan fingerprint density at radius 3 is 2.57 bits per heavy atom. The molecule has 0 unspecified atom stereocenters. The molecule has 14 heavy (non-hydrogen) atoms. The van der Waals surface area contributed by atoms with E-state index < -0.39 is 0 Å². The van der Waals surface area contributed by atoms with Crippen LogP contribution in [0.5, 0.6) is 0 Å². The monoisotopic (exact) mass is 272 g/mol. The van der Waals surface area contributed by atoms with E-state index in [0.717, 1.165) is 15.6 Å². The number of benzene rings is 1. The minimum absolute atomic E-state index is 0.0431. The van der Waals surface area contributed by atoms with Gasteiger partial charge in [-0.1, -0.05) is 17.7 Å². The molecule has 0 saturated carbocycles. The molecule has 0 amide bonds. The van der Waals surface area contributed by atoms with Gasteiger partial charge in [-0.25, -0.2) is 0 Å². The van der Waals surface area contributed by atoms with E-state index in [4.69, 9.17) is 11.6 Å². The zero-order valence-electron chi connectivity index (χ0n) is 7.97. The van der Waals surface area contributed by atoms with Crippen LogP contribution in [0.1, 0.15) is 19.4 Å². The van der Waals surface area contributed by atoms with Gasteiger partial charge in [0.15, 0.2) is 5.78 Å². The van der Waals surface area contributed by atoms with Gasteiger partial charge in [0.2, 0.25) is 0 Å². The molecule has 1 nitrogen and oxygen atoms in total. The lowest BCUT2D eigenvalue weighted by molar-refractivity contribution is -0.112. The molecule has 3 heteroatoms. The molecule has 0 atom stereocenters. The summed E-state index contributed by atoms with van der Waals surface area (Å²) < 4.78 is 0.860. The van der Waals surface area contributed by atoms with Crippen LogP contribution in [0.4, 0.5) is 0 Å². The van der Waals surface area contributed by atoms with Gasteiger partial charge in [0.05, 0.1) is 5.02 Å². The first-order valence-electron chi connectivity index (χ1n) is 4.15. The third-order valence-electron chi connectivity index (χ3n) is 1.79. The highest BCUT2D eigenvalue weighted by Crippen LogP contribution is 2.26. The molecule has 1 rings (SSSR count). The molecule has 1 aromatic rings. The van der Waals surface area contributed by atoms with Crippen molar-refractivity contribution in [3.63, 3.8) is 0 Å². The molecule has 0 N–H and O–H groups in total. The van der Waals surface area contributed by atoms with Crippen molar-refractivity contribution in [1.29, 1.82) is 0 Å². The van der Waals surface area contributed by atoms with Gasteiger partial charge in [0.1, 0.15) is 0 Å². The van der Waals surface area contributed by atoms with Crippen LogP contribution < -0.4 is 0 Å². The van der Waals surface area contributed by atoms with Crippen LogP contribution in [0.2, 0.25) is 5.02 Å². The van der Waals surface area contributed by atoms with Gasteiger partial charge >= 0.3 is 0 Å². The fourth-order valence-corrected chi connectivity index (χ4v) is 1.56. The van der Waals surface area contributed by atoms with Crippen molar-refractivity contribution >= 4 is 38.9 Å². The predicted molar refractivity (Wildman–Crippen MR) is 63.5 cm³/mol. The van der Waals surface area contributed by atoms with Crippen LogP contribution >= 0.6 is 27.5 Å². The number of halogens is 2. The lowest BCUT2D eigenvalue weighted by Crippen LogP contribution is -1.86. The lowest BCUT2D eigenvalue weighted by atomic mass is 10.1. The molecular formula is C11H10BrClO. The van der Waals surface area contributed by atoms with E-state index in [1.54, 1.807) is 6.08 Å². The fourth-order valence-electron chi connectivity index (χ4n) is 1.13. The summed E-state index contributed by atoms with van der Waals surface area (Å²) in [5, 5.41) is 0.652. The van der Waals surface area contributed by atoms with Crippen LogP contribution in [0, 0.1) is 0 Å². The number of hydrogen-bond acceptors (Lipinski definition) is 1. The number of carbonyl (C=O) groups is 1. The first-order valence-corrected chi connectivity index (χ1v) is 5.32. The van der Waals surface area contributed by atoms with Crippen molar-refractivity contribution in [2.75, 3.05) is 0 Å². The van der Waals surface area contributed by atoms with E-state index in [-0.39, 0.29) is 5.78 Å². The number of allylic oxidation sites excluding steroid dienone is 2. The van der Waals surface area contributed by atoms with Crippen LogP contribution in [-0.4, -0.2) is 5.78 Å². The third kappa shape index (κ3) is 2.96. The molecule has 0 heterocycles. The Hall–Kier alpha value is -0.600. The molecule has 0 fully saturated rings. The quantitative estimate of drug-likeness (QED) is 0.742. The first kappa shape index (κ1) is 11.5. The topological polar surface area (TPSA) is 17.1 Å². The van der Waals surface area contributed by atoms with Gasteiger partial charge in [-0.3, -0.25) is 4.79 Å². The molecule has 0 aliphatic heterocycles. The first-order chi connectivity index (χ1) is 6.50. The number of ketones is 1. The summed E-state index contributed by atoms with van der Waals surface area (Å²) in [5.74, 6) is 0.0431. The summed E-state index contributed by atoms with van der Waals surface area (Å²) in [5.41, 5.74) is 1.89. The van der Waals surface area contributed by atoms with E-state index in [1.807, 2.05) is 25.1 Å².